The lowest BCUT2D eigenvalue weighted by atomic mass is 10.0. The normalized spacial score (nSPS) is 30.2. The molecular weight excluding hydrogens is 246 g/mol. The zero-order valence-corrected chi connectivity index (χ0v) is 11.9. The monoisotopic (exact) mass is 266 g/mol. The maximum atomic E-state index is 2.63. The summed E-state index contributed by atoms with van der Waals surface area (Å²) in [6.45, 7) is 2.61. The second-order valence-electron chi connectivity index (χ2n) is 4.90. The Balaban J connectivity index is 1.63. The van der Waals surface area contributed by atoms with Crippen molar-refractivity contribution in [2.45, 2.75) is 31.7 Å². The van der Waals surface area contributed by atoms with E-state index in [0.29, 0.717) is 6.04 Å². The molecule has 1 fully saturated rings. The van der Waals surface area contributed by atoms with Gasteiger partial charge in [-0.3, -0.25) is 4.90 Å². The van der Waals surface area contributed by atoms with Crippen LogP contribution in [0.3, 0.4) is 0 Å². The number of thioether (sulfide) groups is 1. The van der Waals surface area contributed by atoms with Crippen LogP contribution >= 0.6 is 11.8 Å². The summed E-state index contributed by atoms with van der Waals surface area (Å²) in [6.07, 6.45) is 12.6. The minimum absolute atomic E-state index is 0.681. The Kier molecular flexibility index (Phi) is 3.99. The van der Waals surface area contributed by atoms with Crippen LogP contribution in [-0.4, -0.2) is 39.7 Å². The SMILES string of the molecule is C1=CC(N2CCCC2)CC=C1C1=[S+]CCCS1. The van der Waals surface area contributed by atoms with Crippen LogP contribution in [0.4, 0.5) is 0 Å². The van der Waals surface area contributed by atoms with Gasteiger partial charge in [-0.25, -0.2) is 0 Å². The van der Waals surface area contributed by atoms with Gasteiger partial charge >= 0.3 is 0 Å². The Labute approximate surface area is 112 Å². The second kappa shape index (κ2) is 5.68. The van der Waals surface area contributed by atoms with Gasteiger partial charge in [0.1, 0.15) is 0 Å². The van der Waals surface area contributed by atoms with Gasteiger partial charge in [0, 0.05) is 23.8 Å². The van der Waals surface area contributed by atoms with E-state index in [1.165, 1.54) is 55.9 Å². The van der Waals surface area contributed by atoms with Gasteiger partial charge < -0.3 is 0 Å². The number of likely N-dealkylation sites (tertiary alicyclic amines) is 1. The number of hydrogen-bond donors (Lipinski definition) is 0. The molecular formula is C14H20NS2+. The van der Waals surface area contributed by atoms with E-state index in [0.717, 1.165) is 0 Å². The quantitative estimate of drug-likeness (QED) is 0.558. The average molecular weight is 266 g/mol. The van der Waals surface area contributed by atoms with Crippen LogP contribution < -0.4 is 0 Å². The molecule has 1 atom stereocenters. The van der Waals surface area contributed by atoms with Crippen LogP contribution in [0.2, 0.25) is 0 Å². The van der Waals surface area contributed by atoms with Gasteiger partial charge in [0.2, 0.25) is 0 Å². The van der Waals surface area contributed by atoms with Crippen molar-refractivity contribution in [1.29, 1.82) is 0 Å². The van der Waals surface area contributed by atoms with Crippen molar-refractivity contribution in [3.63, 3.8) is 0 Å². The molecule has 2 heterocycles. The first-order chi connectivity index (χ1) is 8.43. The third kappa shape index (κ3) is 2.83. The summed E-state index contributed by atoms with van der Waals surface area (Å²) in [7, 11) is 0. The van der Waals surface area contributed by atoms with Crippen LogP contribution in [0.1, 0.15) is 25.7 Å². The summed E-state index contributed by atoms with van der Waals surface area (Å²) in [5.41, 5.74) is 1.50. The number of hydrogen-bond acceptors (Lipinski definition) is 2. The zero-order valence-electron chi connectivity index (χ0n) is 10.2. The Morgan fingerprint density at radius 1 is 1.24 bits per heavy atom. The number of nitrogens with zero attached hydrogens (tertiary/aromatic N) is 1. The van der Waals surface area contributed by atoms with Gasteiger partial charge in [0.05, 0.1) is 0 Å². The fraction of sp³-hybridized carbons (Fsp3) is 0.643. The fourth-order valence-corrected chi connectivity index (χ4v) is 5.30. The second-order valence-corrected chi connectivity index (χ2v) is 7.37. The van der Waals surface area contributed by atoms with Crippen molar-refractivity contribution in [2.75, 3.05) is 24.6 Å². The molecule has 17 heavy (non-hydrogen) atoms. The van der Waals surface area contributed by atoms with Gasteiger partial charge in [-0.1, -0.05) is 30.0 Å². The molecule has 2 aliphatic heterocycles. The van der Waals surface area contributed by atoms with Crippen LogP contribution in [0.15, 0.2) is 23.8 Å². The van der Waals surface area contributed by atoms with Gasteiger partial charge in [0.25, 0.3) is 4.20 Å². The molecule has 3 heteroatoms. The van der Waals surface area contributed by atoms with E-state index in [4.69, 9.17) is 0 Å². The third-order valence-corrected chi connectivity index (χ3v) is 6.37. The Morgan fingerprint density at radius 3 is 2.76 bits per heavy atom. The molecule has 0 bridgehead atoms. The number of rotatable bonds is 2. The molecule has 0 N–H and O–H groups in total. The molecule has 0 aromatic carbocycles. The molecule has 0 radical (unpaired) electrons. The summed E-state index contributed by atoms with van der Waals surface area (Å²) < 4.78 is 1.56. The minimum atomic E-state index is 0.681. The molecule has 1 unspecified atom stereocenters. The summed E-state index contributed by atoms with van der Waals surface area (Å²) in [5, 5.41) is 0. The molecule has 3 aliphatic rings. The predicted octanol–water partition coefficient (Wildman–Crippen LogP) is 2.69. The zero-order chi connectivity index (χ0) is 11.5. The lowest BCUT2D eigenvalue weighted by Crippen LogP contribution is -2.31. The van der Waals surface area contributed by atoms with E-state index in [1.54, 1.807) is 4.20 Å². The standard InChI is InChI=1S/C14H20NS2/c1-2-9-15(8-1)13-6-4-12(5-7-13)14-16-10-3-11-17-14/h4-6,13H,1-3,7-11H2/q+1. The minimum Gasteiger partial charge on any atom is -0.297 e. The summed E-state index contributed by atoms with van der Waals surface area (Å²) in [4.78, 5) is 2.63. The average Bonchev–Trinajstić information content (AvgIpc) is 2.94. The highest BCUT2D eigenvalue weighted by Crippen LogP contribution is 2.25. The van der Waals surface area contributed by atoms with Crippen molar-refractivity contribution < 1.29 is 0 Å². The van der Waals surface area contributed by atoms with Crippen molar-refractivity contribution in [2.24, 2.45) is 0 Å². The molecule has 0 aromatic heterocycles. The van der Waals surface area contributed by atoms with Gasteiger partial charge in [-0.05, 0) is 32.4 Å². The van der Waals surface area contributed by atoms with E-state index in [2.05, 4.69) is 23.1 Å². The molecule has 0 aromatic rings. The Bertz CT molecular complexity index is 364. The fourth-order valence-electron chi connectivity index (χ4n) is 2.70. The van der Waals surface area contributed by atoms with Gasteiger partial charge in [0.15, 0.2) is 17.1 Å². The maximum absolute atomic E-state index is 2.63. The van der Waals surface area contributed by atoms with E-state index in [9.17, 15) is 0 Å². The lowest BCUT2D eigenvalue weighted by Gasteiger charge is -2.25. The maximum Gasteiger partial charge on any atom is 0.264 e. The molecule has 0 amide bonds. The van der Waals surface area contributed by atoms with Crippen LogP contribution in [-0.2, 0) is 11.4 Å². The first kappa shape index (κ1) is 11.9. The van der Waals surface area contributed by atoms with Crippen LogP contribution in [0.25, 0.3) is 0 Å². The molecule has 0 saturated carbocycles. The van der Waals surface area contributed by atoms with Gasteiger partial charge in [-0.2, -0.15) is 0 Å². The lowest BCUT2D eigenvalue weighted by molar-refractivity contribution is 0.284. The highest BCUT2D eigenvalue weighted by molar-refractivity contribution is 8.23. The Hall–Kier alpha value is -0.120. The summed E-state index contributed by atoms with van der Waals surface area (Å²) >= 11 is 4.10. The Morgan fingerprint density at radius 2 is 2.12 bits per heavy atom. The predicted molar refractivity (Wildman–Crippen MR) is 80.7 cm³/mol. The van der Waals surface area contributed by atoms with Gasteiger partial charge in [-0.15, -0.1) is 0 Å². The molecule has 1 saturated heterocycles. The summed E-state index contributed by atoms with van der Waals surface area (Å²) in [5.74, 6) is 2.62. The largest absolute Gasteiger partial charge is 0.297 e. The first-order valence-electron chi connectivity index (χ1n) is 6.69. The highest BCUT2D eigenvalue weighted by Gasteiger charge is 2.25. The summed E-state index contributed by atoms with van der Waals surface area (Å²) in [6, 6.07) is 0.681. The molecule has 1 nitrogen and oxygen atoms in total. The van der Waals surface area contributed by atoms with Crippen LogP contribution in [0, 0.1) is 0 Å². The van der Waals surface area contributed by atoms with E-state index in [1.807, 2.05) is 23.1 Å². The molecule has 0 spiro atoms. The van der Waals surface area contributed by atoms with E-state index < -0.39 is 0 Å². The first-order valence-corrected chi connectivity index (χ1v) is 8.66. The van der Waals surface area contributed by atoms with Crippen molar-refractivity contribution >= 4 is 27.3 Å². The molecule has 3 rings (SSSR count). The highest BCUT2D eigenvalue weighted by atomic mass is 32.2. The molecule has 92 valence electrons. The van der Waals surface area contributed by atoms with Crippen molar-refractivity contribution in [3.8, 4) is 0 Å². The third-order valence-electron chi connectivity index (χ3n) is 3.68. The van der Waals surface area contributed by atoms with Crippen molar-refractivity contribution in [1.82, 2.24) is 4.90 Å². The molecule has 1 aliphatic carbocycles. The van der Waals surface area contributed by atoms with E-state index in [-0.39, 0.29) is 0 Å². The van der Waals surface area contributed by atoms with Crippen molar-refractivity contribution in [3.05, 3.63) is 23.8 Å². The topological polar surface area (TPSA) is 3.24 Å². The van der Waals surface area contributed by atoms with E-state index >= 15 is 0 Å². The smallest absolute Gasteiger partial charge is 0.264 e. The number of allylic oxidation sites excluding steroid dienone is 1. The van der Waals surface area contributed by atoms with Crippen LogP contribution in [0.5, 0.6) is 0 Å².